The van der Waals surface area contributed by atoms with E-state index in [2.05, 4.69) is 54.4 Å². The van der Waals surface area contributed by atoms with Gasteiger partial charge in [0.05, 0.1) is 12.0 Å². The minimum atomic E-state index is 0.0600. The van der Waals surface area contributed by atoms with Crippen molar-refractivity contribution in [3.05, 3.63) is 47.7 Å². The van der Waals surface area contributed by atoms with Crippen molar-refractivity contribution in [2.75, 3.05) is 7.11 Å². The Balaban J connectivity index is 1.80. The van der Waals surface area contributed by atoms with Crippen LogP contribution in [0.2, 0.25) is 0 Å². The minimum Gasteiger partial charge on any atom is -0.380 e. The Morgan fingerprint density at radius 2 is 2.14 bits per heavy atom. The monoisotopic (exact) mass is 286 g/mol. The number of aromatic nitrogens is 2. The predicted molar refractivity (Wildman–Crippen MR) is 81.0 cm³/mol. The smallest absolute Gasteiger partial charge is 0.236 e. The number of hydrogen-bond donors (Lipinski definition) is 0. The Morgan fingerprint density at radius 3 is 2.86 bits per heavy atom. The number of nitrogens with zero attached hydrogens (tertiary/aromatic N) is 2. The fraction of sp³-hybridized carbons (Fsp3) is 0.529. The van der Waals surface area contributed by atoms with Crippen molar-refractivity contribution in [1.29, 1.82) is 0 Å². The van der Waals surface area contributed by atoms with Gasteiger partial charge in [0.2, 0.25) is 5.89 Å². The molecule has 0 fully saturated rings. The van der Waals surface area contributed by atoms with Gasteiger partial charge in [-0.2, -0.15) is 4.98 Å². The molecule has 0 bridgehead atoms. The summed E-state index contributed by atoms with van der Waals surface area (Å²) in [6, 6.07) is 0. The van der Waals surface area contributed by atoms with E-state index in [-0.39, 0.29) is 17.9 Å². The summed E-state index contributed by atoms with van der Waals surface area (Å²) in [7, 11) is 1.75. The Labute approximate surface area is 125 Å². The van der Waals surface area contributed by atoms with Crippen LogP contribution in [0.5, 0.6) is 0 Å². The number of allylic oxidation sites excluding steroid dienone is 5. The molecule has 0 amide bonds. The van der Waals surface area contributed by atoms with Crippen LogP contribution in [-0.2, 0) is 4.74 Å². The molecule has 21 heavy (non-hydrogen) atoms. The molecule has 2 aliphatic rings. The van der Waals surface area contributed by atoms with Crippen LogP contribution in [0.3, 0.4) is 0 Å². The van der Waals surface area contributed by atoms with Crippen LogP contribution in [0.25, 0.3) is 0 Å². The first-order chi connectivity index (χ1) is 10.2. The summed E-state index contributed by atoms with van der Waals surface area (Å²) in [4.78, 5) is 4.63. The third-order valence-corrected chi connectivity index (χ3v) is 4.40. The Morgan fingerprint density at radius 1 is 1.29 bits per heavy atom. The van der Waals surface area contributed by atoms with E-state index in [0.717, 1.165) is 18.7 Å². The highest BCUT2D eigenvalue weighted by Crippen LogP contribution is 2.34. The van der Waals surface area contributed by atoms with Crippen LogP contribution in [0.15, 0.2) is 40.5 Å². The lowest BCUT2D eigenvalue weighted by Crippen LogP contribution is -2.29. The van der Waals surface area contributed by atoms with Gasteiger partial charge in [-0.05, 0) is 25.7 Å². The Kier molecular flexibility index (Phi) is 4.06. The van der Waals surface area contributed by atoms with Crippen molar-refractivity contribution in [2.45, 2.75) is 44.6 Å². The normalized spacial score (nSPS) is 32.2. The second-order valence-corrected chi connectivity index (χ2v) is 6.01. The van der Waals surface area contributed by atoms with E-state index in [0.29, 0.717) is 11.8 Å². The van der Waals surface area contributed by atoms with Gasteiger partial charge in [0.15, 0.2) is 5.82 Å². The second kappa shape index (κ2) is 5.98. The molecular formula is C17H22N2O2. The number of methoxy groups -OCH3 is 1. The Hall–Kier alpha value is -1.68. The highest BCUT2D eigenvalue weighted by Gasteiger charge is 2.33. The van der Waals surface area contributed by atoms with E-state index in [1.165, 1.54) is 5.57 Å². The molecule has 1 heterocycles. The summed E-state index contributed by atoms with van der Waals surface area (Å²) < 4.78 is 11.2. The van der Waals surface area contributed by atoms with Crippen LogP contribution >= 0.6 is 0 Å². The average Bonchev–Trinajstić information content (AvgIpc) is 2.97. The third-order valence-electron chi connectivity index (χ3n) is 4.40. The maximum absolute atomic E-state index is 5.64. The molecule has 0 aliphatic heterocycles. The zero-order valence-corrected chi connectivity index (χ0v) is 12.8. The number of ether oxygens (including phenoxy) is 1. The second-order valence-electron chi connectivity index (χ2n) is 6.01. The fourth-order valence-corrected chi connectivity index (χ4v) is 3.09. The maximum Gasteiger partial charge on any atom is 0.236 e. The molecular weight excluding hydrogens is 264 g/mol. The highest BCUT2D eigenvalue weighted by molar-refractivity contribution is 5.26. The molecule has 1 aromatic heterocycles. The molecule has 3 unspecified atom stereocenters. The van der Waals surface area contributed by atoms with Gasteiger partial charge in [-0.3, -0.25) is 0 Å². The van der Waals surface area contributed by atoms with E-state index < -0.39 is 0 Å². The molecule has 0 N–H and O–H groups in total. The zero-order chi connectivity index (χ0) is 14.8. The fourth-order valence-electron chi connectivity index (χ4n) is 3.09. The van der Waals surface area contributed by atoms with E-state index in [9.17, 15) is 0 Å². The highest BCUT2D eigenvalue weighted by atomic mass is 16.5. The summed E-state index contributed by atoms with van der Waals surface area (Å²) in [5.41, 5.74) is 1.29. The van der Waals surface area contributed by atoms with Crippen molar-refractivity contribution in [2.24, 2.45) is 5.92 Å². The molecule has 4 nitrogen and oxygen atoms in total. The van der Waals surface area contributed by atoms with Crippen molar-refractivity contribution in [3.8, 4) is 0 Å². The lowest BCUT2D eigenvalue weighted by molar-refractivity contribution is 0.0363. The maximum atomic E-state index is 5.64. The molecule has 112 valence electrons. The first-order valence-corrected chi connectivity index (χ1v) is 7.57. The summed E-state index contributed by atoms with van der Waals surface area (Å²) in [6.45, 7) is 4.30. The van der Waals surface area contributed by atoms with Crippen molar-refractivity contribution >= 4 is 0 Å². The topological polar surface area (TPSA) is 48.2 Å². The standard InChI is InChI=1S/C17H22N2O2/c1-11-7-9-13(10-8-11)16-18-17(21-19-16)14-6-4-5-12(2)15(14)20-3/h4,6-9,12-15H,5,10H2,1-3H3/t12?,13?,14-,15?/m0/s1. The predicted octanol–water partition coefficient (Wildman–Crippen LogP) is 3.75. The molecule has 0 saturated carbocycles. The lowest BCUT2D eigenvalue weighted by atomic mass is 9.84. The van der Waals surface area contributed by atoms with Crippen LogP contribution in [0.1, 0.15) is 50.2 Å². The van der Waals surface area contributed by atoms with E-state index in [4.69, 9.17) is 9.26 Å². The van der Waals surface area contributed by atoms with Crippen molar-refractivity contribution in [3.63, 3.8) is 0 Å². The molecule has 3 rings (SSSR count). The van der Waals surface area contributed by atoms with Gasteiger partial charge in [-0.1, -0.05) is 48.0 Å². The van der Waals surface area contributed by atoms with Crippen LogP contribution in [0, 0.1) is 5.92 Å². The SMILES string of the molecule is COC1C(C)CC=C[C@@H]1c1nc(C2C=CC(C)=CC2)no1. The van der Waals surface area contributed by atoms with Gasteiger partial charge in [0.1, 0.15) is 0 Å². The molecule has 0 aromatic carbocycles. The average molecular weight is 286 g/mol. The summed E-state index contributed by atoms with van der Waals surface area (Å²) in [5.74, 6) is 2.17. The van der Waals surface area contributed by atoms with Gasteiger partial charge in [0.25, 0.3) is 0 Å². The number of hydrogen-bond acceptors (Lipinski definition) is 4. The van der Waals surface area contributed by atoms with E-state index >= 15 is 0 Å². The molecule has 0 radical (unpaired) electrons. The number of rotatable bonds is 3. The van der Waals surface area contributed by atoms with E-state index in [1.807, 2.05) is 0 Å². The molecule has 1 aromatic rings. The van der Waals surface area contributed by atoms with Crippen LogP contribution < -0.4 is 0 Å². The van der Waals surface area contributed by atoms with Gasteiger partial charge < -0.3 is 9.26 Å². The van der Waals surface area contributed by atoms with Gasteiger partial charge >= 0.3 is 0 Å². The van der Waals surface area contributed by atoms with Gasteiger partial charge in [0, 0.05) is 13.0 Å². The summed E-state index contributed by atoms with van der Waals surface area (Å²) >= 11 is 0. The molecule has 0 saturated heterocycles. The summed E-state index contributed by atoms with van der Waals surface area (Å²) in [5, 5.41) is 4.18. The Bertz CT molecular complexity index is 585. The quantitative estimate of drug-likeness (QED) is 0.794. The third kappa shape index (κ3) is 2.86. The lowest BCUT2D eigenvalue weighted by Gasteiger charge is -2.29. The molecule has 0 spiro atoms. The molecule has 2 aliphatic carbocycles. The van der Waals surface area contributed by atoms with Gasteiger partial charge in [-0.25, -0.2) is 0 Å². The molecule has 4 atom stereocenters. The van der Waals surface area contributed by atoms with Crippen LogP contribution in [0.4, 0.5) is 0 Å². The zero-order valence-electron chi connectivity index (χ0n) is 12.8. The summed E-state index contributed by atoms with van der Waals surface area (Å²) in [6.07, 6.45) is 12.9. The first-order valence-electron chi connectivity index (χ1n) is 7.57. The largest absolute Gasteiger partial charge is 0.380 e. The van der Waals surface area contributed by atoms with E-state index in [1.54, 1.807) is 7.11 Å². The van der Waals surface area contributed by atoms with Crippen molar-refractivity contribution < 1.29 is 9.26 Å². The van der Waals surface area contributed by atoms with Crippen LogP contribution in [-0.4, -0.2) is 23.4 Å². The van der Waals surface area contributed by atoms with Gasteiger partial charge in [-0.15, -0.1) is 0 Å². The van der Waals surface area contributed by atoms with Crippen molar-refractivity contribution in [1.82, 2.24) is 10.1 Å². The minimum absolute atomic E-state index is 0.0600. The molecule has 4 heteroatoms. The first kappa shape index (κ1) is 14.3.